The molecule has 0 saturated heterocycles. The molecule has 0 fully saturated rings. The van der Waals surface area contributed by atoms with Gasteiger partial charge >= 0.3 is 17.9 Å². The molecule has 0 spiro atoms. The lowest BCUT2D eigenvalue weighted by Gasteiger charge is -2.37. The van der Waals surface area contributed by atoms with Gasteiger partial charge in [-0.25, -0.2) is 14.4 Å². The normalized spacial score (nSPS) is 18.3. The number of hydrogen-bond donors (Lipinski definition) is 0. The van der Waals surface area contributed by atoms with Crippen molar-refractivity contribution in [3.05, 3.63) is 81.8 Å². The van der Waals surface area contributed by atoms with Gasteiger partial charge in [-0.1, -0.05) is 58.9 Å². The highest BCUT2D eigenvalue weighted by Gasteiger charge is 2.61. The number of cyclic esters (lactones) is 1. The molecule has 2 atom stereocenters. The molecule has 6 nitrogen and oxygen atoms in total. The monoisotopic (exact) mass is 500 g/mol. The molecule has 1 heterocycles. The van der Waals surface area contributed by atoms with Gasteiger partial charge < -0.3 is 14.2 Å². The Balaban J connectivity index is 2.32. The molecule has 0 radical (unpaired) electrons. The highest BCUT2D eigenvalue weighted by atomic mass is 79.9. The van der Waals surface area contributed by atoms with Crippen molar-refractivity contribution in [2.24, 2.45) is 0 Å². The lowest BCUT2D eigenvalue weighted by molar-refractivity contribution is -0.179. The maximum absolute atomic E-state index is 13.8. The summed E-state index contributed by atoms with van der Waals surface area (Å²) in [6.07, 6.45) is 0. The predicted molar refractivity (Wildman–Crippen MR) is 122 cm³/mol. The van der Waals surface area contributed by atoms with E-state index in [1.165, 1.54) is 0 Å². The molecule has 0 N–H and O–H groups in total. The Hall–Kier alpha value is -2.93. The molecule has 7 heteroatoms. The second kappa shape index (κ2) is 8.90. The maximum atomic E-state index is 13.8. The van der Waals surface area contributed by atoms with Gasteiger partial charge in [-0.2, -0.15) is 0 Å². The lowest BCUT2D eigenvalue weighted by atomic mass is 9.73. The topological polar surface area (TPSA) is 78.9 Å². The highest BCUT2D eigenvalue weighted by molar-refractivity contribution is 9.10. The van der Waals surface area contributed by atoms with E-state index in [2.05, 4.69) is 22.5 Å². The van der Waals surface area contributed by atoms with E-state index in [1.807, 2.05) is 0 Å². The van der Waals surface area contributed by atoms with Crippen molar-refractivity contribution < 1.29 is 28.6 Å². The first-order valence-corrected chi connectivity index (χ1v) is 11.0. The average molecular weight is 501 g/mol. The summed E-state index contributed by atoms with van der Waals surface area (Å²) < 4.78 is 17.4. The first-order chi connectivity index (χ1) is 15.0. The molecule has 0 unspecified atom stereocenters. The first kappa shape index (κ1) is 23.7. The third-order valence-electron chi connectivity index (χ3n) is 4.98. The maximum Gasteiger partial charge on any atom is 0.357 e. The van der Waals surface area contributed by atoms with E-state index in [4.69, 9.17) is 14.2 Å². The Morgan fingerprint density at radius 1 is 1.16 bits per heavy atom. The molecular weight excluding hydrogens is 476 g/mol. The Morgan fingerprint density at radius 2 is 1.81 bits per heavy atom. The summed E-state index contributed by atoms with van der Waals surface area (Å²) in [5.41, 5.74) is -1.78. The molecule has 2 aromatic rings. The summed E-state index contributed by atoms with van der Waals surface area (Å²) in [5.74, 6) is -3.24. The van der Waals surface area contributed by atoms with E-state index >= 15 is 0 Å². The van der Waals surface area contributed by atoms with E-state index in [9.17, 15) is 14.4 Å². The van der Waals surface area contributed by atoms with Crippen LogP contribution in [0.2, 0.25) is 0 Å². The molecule has 0 saturated carbocycles. The largest absolute Gasteiger partial charge is 0.463 e. The van der Waals surface area contributed by atoms with Crippen molar-refractivity contribution in [3.63, 3.8) is 0 Å². The van der Waals surface area contributed by atoms with Gasteiger partial charge in [-0.3, -0.25) is 0 Å². The van der Waals surface area contributed by atoms with Crippen LogP contribution in [0.25, 0.3) is 0 Å². The number of halogens is 1. The van der Waals surface area contributed by atoms with Crippen molar-refractivity contribution in [3.8, 4) is 0 Å². The minimum Gasteiger partial charge on any atom is -0.463 e. The van der Waals surface area contributed by atoms with E-state index < -0.39 is 35.0 Å². The minimum absolute atomic E-state index is 0.0209. The Bertz CT molecular complexity index is 1070. The zero-order valence-corrected chi connectivity index (χ0v) is 20.0. The summed E-state index contributed by atoms with van der Waals surface area (Å²) in [6.45, 7) is 10.9. The fraction of sp³-hybridized carbons (Fsp3) is 0.320. The van der Waals surface area contributed by atoms with E-state index in [-0.39, 0.29) is 17.7 Å². The van der Waals surface area contributed by atoms with Crippen LogP contribution in [0, 0.1) is 0 Å². The molecular formula is C25H25BrO6. The van der Waals surface area contributed by atoms with Crippen LogP contribution in [-0.2, 0) is 29.4 Å². The fourth-order valence-corrected chi connectivity index (χ4v) is 4.13. The van der Waals surface area contributed by atoms with Crippen LogP contribution in [0.15, 0.2) is 65.2 Å². The van der Waals surface area contributed by atoms with Gasteiger partial charge in [0.05, 0.1) is 18.1 Å². The Labute approximate surface area is 195 Å². The third-order valence-corrected chi connectivity index (χ3v) is 5.48. The number of rotatable bonds is 6. The quantitative estimate of drug-likeness (QED) is 0.313. The molecule has 0 aromatic heterocycles. The molecule has 168 valence electrons. The van der Waals surface area contributed by atoms with Crippen LogP contribution in [0.3, 0.4) is 0 Å². The predicted octanol–water partition coefficient (Wildman–Crippen LogP) is 5.06. The van der Waals surface area contributed by atoms with Crippen molar-refractivity contribution in [1.29, 1.82) is 0 Å². The Kier molecular flexibility index (Phi) is 6.60. The smallest absolute Gasteiger partial charge is 0.357 e. The van der Waals surface area contributed by atoms with Crippen LogP contribution in [-0.4, -0.2) is 30.1 Å². The van der Waals surface area contributed by atoms with E-state index in [0.29, 0.717) is 15.6 Å². The zero-order chi connectivity index (χ0) is 23.7. The Morgan fingerprint density at radius 3 is 2.41 bits per heavy atom. The van der Waals surface area contributed by atoms with Gasteiger partial charge in [-0.05, 0) is 45.4 Å². The third kappa shape index (κ3) is 4.35. The number of esters is 3. The molecule has 1 aliphatic rings. The molecule has 2 aromatic carbocycles. The summed E-state index contributed by atoms with van der Waals surface area (Å²) in [5, 5.41) is 0. The SMILES string of the molecule is C=C(C(=O)OCC)[C@H](c1ccccc1)[C@]1(C(=O)OC(C)(C)C)OC(=O)c2cc(Br)ccc21. The molecule has 0 bridgehead atoms. The van der Waals surface area contributed by atoms with Gasteiger partial charge in [0.2, 0.25) is 5.60 Å². The van der Waals surface area contributed by atoms with Crippen LogP contribution in [0.5, 0.6) is 0 Å². The number of fused-ring (bicyclic) bond motifs is 1. The molecule has 32 heavy (non-hydrogen) atoms. The molecule has 3 rings (SSSR count). The second-order valence-electron chi connectivity index (χ2n) is 8.41. The second-order valence-corrected chi connectivity index (χ2v) is 9.32. The fourth-order valence-electron chi connectivity index (χ4n) is 3.77. The van der Waals surface area contributed by atoms with Crippen molar-refractivity contribution >= 4 is 33.8 Å². The summed E-state index contributed by atoms with van der Waals surface area (Å²) in [7, 11) is 0. The number of carbonyl (C=O) groups excluding carboxylic acids is 3. The molecule has 1 aliphatic heterocycles. The van der Waals surface area contributed by atoms with Crippen molar-refractivity contribution in [2.45, 2.75) is 44.8 Å². The van der Waals surface area contributed by atoms with Gasteiger partial charge in [0.25, 0.3) is 0 Å². The van der Waals surface area contributed by atoms with E-state index in [1.54, 1.807) is 76.2 Å². The standard InChI is InChI=1S/C25H25BrO6/c1-6-30-21(27)15(2)20(16-10-8-7-9-11-16)25(23(29)32-24(3,4)5)19-13-12-17(26)14-18(19)22(28)31-25/h7-14,20H,2,6H2,1,3-5H3/t20-,25-/m1/s1. The van der Waals surface area contributed by atoms with Gasteiger partial charge in [0.15, 0.2) is 0 Å². The van der Waals surface area contributed by atoms with Crippen molar-refractivity contribution in [1.82, 2.24) is 0 Å². The van der Waals surface area contributed by atoms with Crippen LogP contribution < -0.4 is 0 Å². The zero-order valence-electron chi connectivity index (χ0n) is 18.4. The number of ether oxygens (including phenoxy) is 3. The van der Waals surface area contributed by atoms with Crippen LogP contribution in [0.4, 0.5) is 0 Å². The van der Waals surface area contributed by atoms with Crippen molar-refractivity contribution in [2.75, 3.05) is 6.61 Å². The van der Waals surface area contributed by atoms with Crippen LogP contribution >= 0.6 is 15.9 Å². The van der Waals surface area contributed by atoms with E-state index in [0.717, 1.165) is 0 Å². The van der Waals surface area contributed by atoms with Crippen LogP contribution in [0.1, 0.15) is 55.1 Å². The average Bonchev–Trinajstić information content (AvgIpc) is 3.00. The number of hydrogen-bond acceptors (Lipinski definition) is 6. The van der Waals surface area contributed by atoms with Gasteiger partial charge in [0.1, 0.15) is 5.60 Å². The first-order valence-electron chi connectivity index (χ1n) is 10.2. The number of benzene rings is 2. The van der Waals surface area contributed by atoms with Gasteiger partial charge in [-0.15, -0.1) is 0 Å². The lowest BCUT2D eigenvalue weighted by Crippen LogP contribution is -2.47. The molecule has 0 aliphatic carbocycles. The number of carbonyl (C=O) groups is 3. The summed E-state index contributed by atoms with van der Waals surface area (Å²) in [6, 6.07) is 13.7. The highest BCUT2D eigenvalue weighted by Crippen LogP contribution is 2.51. The summed E-state index contributed by atoms with van der Waals surface area (Å²) >= 11 is 3.35. The molecule has 0 amide bonds. The van der Waals surface area contributed by atoms with Gasteiger partial charge in [0, 0.05) is 15.6 Å². The summed E-state index contributed by atoms with van der Waals surface area (Å²) in [4.78, 5) is 39.5. The minimum atomic E-state index is -1.95.